The monoisotopic (exact) mass is 160 g/mol. The Bertz CT molecular complexity index is 84.7. The van der Waals surface area contributed by atoms with Crippen molar-refractivity contribution in [2.24, 2.45) is 0 Å². The summed E-state index contributed by atoms with van der Waals surface area (Å²) in [5.74, 6) is 0. The topological polar surface area (TPSA) is 0 Å². The Hall–Kier alpha value is 0.0300. The minimum absolute atomic E-state index is 0.352. The van der Waals surface area contributed by atoms with E-state index in [1.807, 2.05) is 0 Å². The van der Waals surface area contributed by atoms with Gasteiger partial charge < -0.3 is 0 Å². The Morgan fingerprint density at radius 3 is 2.60 bits per heavy atom. The first-order valence-corrected chi connectivity index (χ1v) is 4.46. The third-order valence-electron chi connectivity index (χ3n) is 1.46. The number of allylic oxidation sites excluding steroid dienone is 2. The lowest BCUT2D eigenvalue weighted by Gasteiger charge is -1.99. The quantitative estimate of drug-likeness (QED) is 0.327. The largest absolute Gasteiger partial charge is 0.123 e. The molecule has 1 atom stereocenters. The fourth-order valence-electron chi connectivity index (χ4n) is 0.854. The van der Waals surface area contributed by atoms with Crippen LogP contribution < -0.4 is 0 Å². The Balaban J connectivity index is 2.91. The molecule has 0 heterocycles. The van der Waals surface area contributed by atoms with Crippen LogP contribution >= 0.6 is 11.6 Å². The van der Waals surface area contributed by atoms with E-state index in [0.717, 1.165) is 6.42 Å². The highest BCUT2D eigenvalue weighted by atomic mass is 35.5. The molecule has 1 unspecified atom stereocenters. The molecular weight excluding hydrogens is 144 g/mol. The number of unbranched alkanes of at least 4 members (excludes halogenated alkanes) is 2. The van der Waals surface area contributed by atoms with Gasteiger partial charge in [0, 0.05) is 5.38 Å². The molecule has 0 N–H and O–H groups in total. The second kappa shape index (κ2) is 7.14. The summed E-state index contributed by atoms with van der Waals surface area (Å²) in [5.41, 5.74) is 0. The Labute approximate surface area is 69.3 Å². The predicted molar refractivity (Wildman–Crippen MR) is 48.6 cm³/mol. The molecule has 0 saturated carbocycles. The van der Waals surface area contributed by atoms with Crippen molar-refractivity contribution in [1.82, 2.24) is 0 Å². The van der Waals surface area contributed by atoms with Gasteiger partial charge in [-0.3, -0.25) is 0 Å². The standard InChI is InChI=1S/C9H17Cl/c1-3-4-5-6-7-8-9(2)10/h3-4,9H,5-8H2,1-2H3/b4-3+. The zero-order valence-electron chi connectivity index (χ0n) is 6.94. The predicted octanol–water partition coefficient (Wildman–Crippen LogP) is 3.75. The maximum absolute atomic E-state index is 5.77. The average molecular weight is 161 g/mol. The van der Waals surface area contributed by atoms with E-state index in [1.165, 1.54) is 19.3 Å². The summed E-state index contributed by atoms with van der Waals surface area (Å²) >= 11 is 5.77. The number of alkyl halides is 1. The van der Waals surface area contributed by atoms with E-state index in [0.29, 0.717) is 5.38 Å². The molecular formula is C9H17Cl. The van der Waals surface area contributed by atoms with E-state index < -0.39 is 0 Å². The normalized spacial score (nSPS) is 14.3. The Morgan fingerprint density at radius 2 is 2.10 bits per heavy atom. The number of hydrogen-bond donors (Lipinski definition) is 0. The van der Waals surface area contributed by atoms with Gasteiger partial charge >= 0.3 is 0 Å². The molecule has 0 saturated heterocycles. The van der Waals surface area contributed by atoms with Gasteiger partial charge in [0.25, 0.3) is 0 Å². The lowest BCUT2D eigenvalue weighted by molar-refractivity contribution is 0.679. The summed E-state index contributed by atoms with van der Waals surface area (Å²) in [5, 5.41) is 0.352. The first-order valence-electron chi connectivity index (χ1n) is 4.02. The summed E-state index contributed by atoms with van der Waals surface area (Å²) in [6.45, 7) is 4.11. The van der Waals surface area contributed by atoms with Crippen LogP contribution in [0.5, 0.6) is 0 Å². The summed E-state index contributed by atoms with van der Waals surface area (Å²) in [4.78, 5) is 0. The van der Waals surface area contributed by atoms with Gasteiger partial charge in [0.2, 0.25) is 0 Å². The smallest absolute Gasteiger partial charge is 0.0307 e. The molecule has 0 bridgehead atoms. The van der Waals surface area contributed by atoms with Crippen molar-refractivity contribution in [1.29, 1.82) is 0 Å². The van der Waals surface area contributed by atoms with E-state index in [1.54, 1.807) is 0 Å². The summed E-state index contributed by atoms with van der Waals surface area (Å²) in [7, 11) is 0. The molecule has 60 valence electrons. The molecule has 0 aliphatic heterocycles. The first-order chi connectivity index (χ1) is 4.77. The molecule has 0 spiro atoms. The van der Waals surface area contributed by atoms with Gasteiger partial charge in [0.05, 0.1) is 0 Å². The van der Waals surface area contributed by atoms with Crippen LogP contribution in [0.15, 0.2) is 12.2 Å². The van der Waals surface area contributed by atoms with E-state index >= 15 is 0 Å². The molecule has 10 heavy (non-hydrogen) atoms. The lowest BCUT2D eigenvalue weighted by Crippen LogP contribution is -1.88. The van der Waals surface area contributed by atoms with Gasteiger partial charge in [-0.05, 0) is 33.1 Å². The van der Waals surface area contributed by atoms with Crippen LogP contribution in [-0.4, -0.2) is 5.38 Å². The lowest BCUT2D eigenvalue weighted by atomic mass is 10.1. The van der Waals surface area contributed by atoms with Gasteiger partial charge in [-0.1, -0.05) is 18.6 Å². The minimum atomic E-state index is 0.352. The van der Waals surface area contributed by atoms with Gasteiger partial charge in [-0.25, -0.2) is 0 Å². The van der Waals surface area contributed by atoms with Crippen LogP contribution in [-0.2, 0) is 0 Å². The molecule has 0 rings (SSSR count). The summed E-state index contributed by atoms with van der Waals surface area (Å²) in [6, 6.07) is 0. The van der Waals surface area contributed by atoms with Crippen LogP contribution in [0.4, 0.5) is 0 Å². The highest BCUT2D eigenvalue weighted by Gasteiger charge is 1.93. The second-order valence-electron chi connectivity index (χ2n) is 2.63. The molecule has 0 aliphatic carbocycles. The second-order valence-corrected chi connectivity index (χ2v) is 3.38. The van der Waals surface area contributed by atoms with Crippen LogP contribution in [0, 0.1) is 0 Å². The molecule has 0 aliphatic rings. The van der Waals surface area contributed by atoms with Crippen LogP contribution in [0.3, 0.4) is 0 Å². The van der Waals surface area contributed by atoms with E-state index in [-0.39, 0.29) is 0 Å². The maximum atomic E-state index is 5.77. The van der Waals surface area contributed by atoms with Crippen LogP contribution in [0.25, 0.3) is 0 Å². The Morgan fingerprint density at radius 1 is 1.40 bits per heavy atom. The van der Waals surface area contributed by atoms with Gasteiger partial charge in [-0.15, -0.1) is 11.6 Å². The molecule has 0 amide bonds. The number of halogens is 1. The SMILES string of the molecule is C/C=C/CCCCC(C)Cl. The molecule has 0 fully saturated rings. The molecule has 1 heteroatoms. The van der Waals surface area contributed by atoms with Crippen molar-refractivity contribution in [2.75, 3.05) is 0 Å². The first kappa shape index (κ1) is 10.0. The third kappa shape index (κ3) is 8.03. The van der Waals surface area contributed by atoms with Gasteiger partial charge in [-0.2, -0.15) is 0 Å². The number of hydrogen-bond acceptors (Lipinski definition) is 0. The number of rotatable bonds is 5. The van der Waals surface area contributed by atoms with Crippen molar-refractivity contribution in [2.45, 2.75) is 44.9 Å². The average Bonchev–Trinajstić information content (AvgIpc) is 1.87. The fraction of sp³-hybridized carbons (Fsp3) is 0.778. The fourth-order valence-corrected chi connectivity index (χ4v) is 1.01. The van der Waals surface area contributed by atoms with Gasteiger partial charge in [0.1, 0.15) is 0 Å². The zero-order valence-corrected chi connectivity index (χ0v) is 7.69. The van der Waals surface area contributed by atoms with Crippen molar-refractivity contribution >= 4 is 11.6 Å². The molecule has 0 radical (unpaired) electrons. The van der Waals surface area contributed by atoms with E-state index in [2.05, 4.69) is 26.0 Å². The van der Waals surface area contributed by atoms with Crippen LogP contribution in [0.1, 0.15) is 39.5 Å². The third-order valence-corrected chi connectivity index (χ3v) is 1.68. The summed E-state index contributed by atoms with van der Waals surface area (Å²) in [6.07, 6.45) is 9.21. The van der Waals surface area contributed by atoms with Crippen molar-refractivity contribution in [3.8, 4) is 0 Å². The van der Waals surface area contributed by atoms with Crippen molar-refractivity contribution < 1.29 is 0 Å². The minimum Gasteiger partial charge on any atom is -0.123 e. The van der Waals surface area contributed by atoms with E-state index in [4.69, 9.17) is 11.6 Å². The maximum Gasteiger partial charge on any atom is 0.0307 e. The molecule has 0 aromatic rings. The van der Waals surface area contributed by atoms with Gasteiger partial charge in [0.15, 0.2) is 0 Å². The summed E-state index contributed by atoms with van der Waals surface area (Å²) < 4.78 is 0. The van der Waals surface area contributed by atoms with Crippen molar-refractivity contribution in [3.63, 3.8) is 0 Å². The van der Waals surface area contributed by atoms with E-state index in [9.17, 15) is 0 Å². The Kier molecular flexibility index (Phi) is 7.16. The molecule has 0 aromatic carbocycles. The van der Waals surface area contributed by atoms with Crippen molar-refractivity contribution in [3.05, 3.63) is 12.2 Å². The highest BCUT2D eigenvalue weighted by molar-refractivity contribution is 6.20. The van der Waals surface area contributed by atoms with Crippen LogP contribution in [0.2, 0.25) is 0 Å². The molecule has 0 nitrogen and oxygen atoms in total. The molecule has 0 aromatic heterocycles. The zero-order chi connectivity index (χ0) is 7.82. The highest BCUT2D eigenvalue weighted by Crippen LogP contribution is 2.07.